The molecule has 3 heteroatoms. The third kappa shape index (κ3) is 2.43. The van der Waals surface area contributed by atoms with Crippen LogP contribution in [0.25, 0.3) is 0 Å². The first-order valence-electron chi connectivity index (χ1n) is 4.02. The standard InChI is InChI=1S/C9H14N2O/c1-2-11-7-12-9-6-4-3-5-8(9)10/h3-6,11H,2,7,10H2,1H3. The Morgan fingerprint density at radius 2 is 2.17 bits per heavy atom. The van der Waals surface area contributed by atoms with Crippen LogP contribution in [0.4, 0.5) is 5.69 Å². The van der Waals surface area contributed by atoms with Gasteiger partial charge >= 0.3 is 0 Å². The Kier molecular flexibility index (Phi) is 3.41. The van der Waals surface area contributed by atoms with Crippen LogP contribution in [0, 0.1) is 0 Å². The van der Waals surface area contributed by atoms with Crippen molar-refractivity contribution in [3.63, 3.8) is 0 Å². The van der Waals surface area contributed by atoms with Crippen molar-refractivity contribution < 1.29 is 4.74 Å². The van der Waals surface area contributed by atoms with E-state index in [1.54, 1.807) is 0 Å². The molecule has 0 unspecified atom stereocenters. The average Bonchev–Trinajstić information content (AvgIpc) is 2.09. The van der Waals surface area contributed by atoms with Crippen molar-refractivity contribution in [2.45, 2.75) is 6.92 Å². The first-order valence-corrected chi connectivity index (χ1v) is 4.02. The summed E-state index contributed by atoms with van der Waals surface area (Å²) < 4.78 is 5.34. The van der Waals surface area contributed by atoms with Crippen molar-refractivity contribution in [3.05, 3.63) is 24.3 Å². The van der Waals surface area contributed by atoms with Crippen LogP contribution >= 0.6 is 0 Å². The van der Waals surface area contributed by atoms with E-state index in [0.29, 0.717) is 12.4 Å². The third-order valence-corrected chi connectivity index (χ3v) is 1.50. The van der Waals surface area contributed by atoms with Crippen LogP contribution in [0.1, 0.15) is 6.92 Å². The Balaban J connectivity index is 2.46. The fourth-order valence-electron chi connectivity index (χ4n) is 0.843. The van der Waals surface area contributed by atoms with Crippen LogP contribution in [0.3, 0.4) is 0 Å². The lowest BCUT2D eigenvalue weighted by molar-refractivity contribution is 0.289. The van der Waals surface area contributed by atoms with Gasteiger partial charge in [-0.1, -0.05) is 19.1 Å². The smallest absolute Gasteiger partial charge is 0.144 e. The fraction of sp³-hybridized carbons (Fsp3) is 0.333. The number of ether oxygens (including phenoxy) is 1. The van der Waals surface area contributed by atoms with Crippen LogP contribution < -0.4 is 15.8 Å². The van der Waals surface area contributed by atoms with Gasteiger partial charge in [0.15, 0.2) is 0 Å². The number of nitrogens with one attached hydrogen (secondary N) is 1. The SMILES string of the molecule is CCNCOc1ccccc1N. The molecular weight excluding hydrogens is 152 g/mol. The molecule has 1 rings (SSSR count). The van der Waals surface area contributed by atoms with Gasteiger partial charge in [-0.3, -0.25) is 5.32 Å². The molecule has 1 aromatic carbocycles. The lowest BCUT2D eigenvalue weighted by Crippen LogP contribution is -2.19. The molecular formula is C9H14N2O. The van der Waals surface area contributed by atoms with Gasteiger partial charge in [0.25, 0.3) is 0 Å². The van der Waals surface area contributed by atoms with Gasteiger partial charge in [-0.15, -0.1) is 0 Å². The van der Waals surface area contributed by atoms with E-state index in [1.807, 2.05) is 31.2 Å². The van der Waals surface area contributed by atoms with Gasteiger partial charge in [0.05, 0.1) is 5.69 Å². The van der Waals surface area contributed by atoms with Crippen molar-refractivity contribution in [3.8, 4) is 5.75 Å². The molecule has 0 bridgehead atoms. The lowest BCUT2D eigenvalue weighted by Gasteiger charge is -2.07. The summed E-state index contributed by atoms with van der Waals surface area (Å²) >= 11 is 0. The summed E-state index contributed by atoms with van der Waals surface area (Å²) in [5, 5.41) is 3.05. The topological polar surface area (TPSA) is 47.3 Å². The quantitative estimate of drug-likeness (QED) is 0.401. The van der Waals surface area contributed by atoms with E-state index in [-0.39, 0.29) is 0 Å². The Labute approximate surface area is 72.5 Å². The maximum Gasteiger partial charge on any atom is 0.144 e. The summed E-state index contributed by atoms with van der Waals surface area (Å²) in [6.07, 6.45) is 0. The first-order chi connectivity index (χ1) is 5.84. The van der Waals surface area contributed by atoms with E-state index in [0.717, 1.165) is 12.3 Å². The largest absolute Gasteiger partial charge is 0.476 e. The molecule has 0 saturated heterocycles. The molecule has 0 aliphatic rings. The van der Waals surface area contributed by atoms with Crippen LogP contribution in [0.15, 0.2) is 24.3 Å². The molecule has 12 heavy (non-hydrogen) atoms. The lowest BCUT2D eigenvalue weighted by atomic mass is 10.3. The first kappa shape index (κ1) is 8.87. The third-order valence-electron chi connectivity index (χ3n) is 1.50. The van der Waals surface area contributed by atoms with Gasteiger partial charge in [0.2, 0.25) is 0 Å². The van der Waals surface area contributed by atoms with Crippen molar-refractivity contribution in [2.75, 3.05) is 19.0 Å². The summed E-state index contributed by atoms with van der Waals surface area (Å²) in [7, 11) is 0. The number of para-hydroxylation sites is 2. The zero-order chi connectivity index (χ0) is 8.81. The van der Waals surface area contributed by atoms with E-state index < -0.39 is 0 Å². The normalized spacial score (nSPS) is 9.75. The van der Waals surface area contributed by atoms with Crippen LogP contribution in [0.5, 0.6) is 5.75 Å². The highest BCUT2D eigenvalue weighted by Gasteiger charge is 1.95. The molecule has 0 aromatic heterocycles. The monoisotopic (exact) mass is 166 g/mol. The summed E-state index contributed by atoms with van der Waals surface area (Å²) in [6, 6.07) is 7.46. The van der Waals surface area contributed by atoms with E-state index >= 15 is 0 Å². The number of rotatable bonds is 4. The maximum absolute atomic E-state index is 5.65. The molecule has 66 valence electrons. The fourth-order valence-corrected chi connectivity index (χ4v) is 0.843. The molecule has 0 heterocycles. The molecule has 0 radical (unpaired) electrons. The van der Waals surface area contributed by atoms with Crippen molar-refractivity contribution in [1.29, 1.82) is 0 Å². The zero-order valence-corrected chi connectivity index (χ0v) is 7.21. The number of hydrogen-bond acceptors (Lipinski definition) is 3. The molecule has 0 spiro atoms. The molecule has 0 amide bonds. The van der Waals surface area contributed by atoms with Crippen LogP contribution in [-0.2, 0) is 0 Å². The summed E-state index contributed by atoms with van der Waals surface area (Å²) in [6.45, 7) is 3.43. The van der Waals surface area contributed by atoms with E-state index in [2.05, 4.69) is 5.32 Å². The minimum atomic E-state index is 0.505. The number of hydrogen-bond donors (Lipinski definition) is 2. The second kappa shape index (κ2) is 4.62. The van der Waals surface area contributed by atoms with Crippen LogP contribution in [0.2, 0.25) is 0 Å². The van der Waals surface area contributed by atoms with Crippen LogP contribution in [-0.4, -0.2) is 13.3 Å². The van der Waals surface area contributed by atoms with Gasteiger partial charge in [-0.25, -0.2) is 0 Å². The minimum Gasteiger partial charge on any atom is -0.476 e. The highest BCUT2D eigenvalue weighted by molar-refractivity contribution is 5.51. The molecule has 1 aromatic rings. The molecule has 0 aliphatic carbocycles. The Morgan fingerprint density at radius 3 is 2.83 bits per heavy atom. The van der Waals surface area contributed by atoms with Crippen molar-refractivity contribution >= 4 is 5.69 Å². The Morgan fingerprint density at radius 1 is 1.42 bits per heavy atom. The van der Waals surface area contributed by atoms with Crippen molar-refractivity contribution in [2.24, 2.45) is 0 Å². The van der Waals surface area contributed by atoms with Gasteiger partial charge in [0.1, 0.15) is 12.5 Å². The summed E-state index contributed by atoms with van der Waals surface area (Å²) in [4.78, 5) is 0. The van der Waals surface area contributed by atoms with Crippen molar-refractivity contribution in [1.82, 2.24) is 5.32 Å². The zero-order valence-electron chi connectivity index (χ0n) is 7.21. The Hall–Kier alpha value is -1.22. The predicted octanol–water partition coefficient (Wildman–Crippen LogP) is 1.21. The molecule has 3 nitrogen and oxygen atoms in total. The second-order valence-corrected chi connectivity index (χ2v) is 2.43. The van der Waals surface area contributed by atoms with E-state index in [1.165, 1.54) is 0 Å². The number of nitrogen functional groups attached to an aromatic ring is 1. The highest BCUT2D eigenvalue weighted by Crippen LogP contribution is 2.18. The van der Waals surface area contributed by atoms with E-state index in [4.69, 9.17) is 10.5 Å². The second-order valence-electron chi connectivity index (χ2n) is 2.43. The average molecular weight is 166 g/mol. The predicted molar refractivity (Wildman–Crippen MR) is 50.0 cm³/mol. The molecule has 3 N–H and O–H groups in total. The molecule has 0 atom stereocenters. The minimum absolute atomic E-state index is 0.505. The number of nitrogens with two attached hydrogens (primary N) is 1. The molecule has 0 aliphatic heterocycles. The maximum atomic E-state index is 5.65. The number of benzene rings is 1. The van der Waals surface area contributed by atoms with Gasteiger partial charge < -0.3 is 10.5 Å². The number of anilines is 1. The van der Waals surface area contributed by atoms with Gasteiger partial charge in [-0.2, -0.15) is 0 Å². The summed E-state index contributed by atoms with van der Waals surface area (Å²) in [5.74, 6) is 0.735. The molecule has 0 saturated carbocycles. The summed E-state index contributed by atoms with van der Waals surface area (Å²) in [5.41, 5.74) is 6.33. The Bertz CT molecular complexity index is 238. The highest BCUT2D eigenvalue weighted by atomic mass is 16.5. The molecule has 0 fully saturated rings. The van der Waals surface area contributed by atoms with Gasteiger partial charge in [-0.05, 0) is 18.7 Å². The van der Waals surface area contributed by atoms with Gasteiger partial charge in [0, 0.05) is 0 Å². The van der Waals surface area contributed by atoms with E-state index in [9.17, 15) is 0 Å².